The Morgan fingerprint density at radius 3 is 1.59 bits per heavy atom. The quantitative estimate of drug-likeness (QED) is 0.714. The summed E-state index contributed by atoms with van der Waals surface area (Å²) >= 11 is 0. The number of ether oxygens (including phenoxy) is 2. The van der Waals surface area contributed by atoms with Crippen LogP contribution in [0.15, 0.2) is 24.8 Å². The maximum absolute atomic E-state index is 11.8. The lowest BCUT2D eigenvalue weighted by Crippen LogP contribution is -2.42. The Morgan fingerprint density at radius 1 is 0.818 bits per heavy atom. The van der Waals surface area contributed by atoms with Crippen molar-refractivity contribution < 1.29 is 19.1 Å². The number of nitrogens with zero attached hydrogens (tertiary/aromatic N) is 4. The number of methoxy groups -OCH3 is 2. The fourth-order valence-electron chi connectivity index (χ4n) is 1.35. The third-order valence-electron chi connectivity index (χ3n) is 2.40. The fourth-order valence-corrected chi connectivity index (χ4v) is 1.35. The van der Waals surface area contributed by atoms with Crippen LogP contribution in [0.4, 0.5) is 0 Å². The number of aromatic nitrogens is 4. The van der Waals surface area contributed by atoms with E-state index in [1.807, 2.05) is 0 Å². The molecule has 2 rings (SSSR count). The number of nitrogens with one attached hydrogen (secondary N) is 2. The first-order valence-electron chi connectivity index (χ1n) is 5.96. The molecule has 2 heterocycles. The van der Waals surface area contributed by atoms with Crippen molar-refractivity contribution in [2.24, 2.45) is 0 Å². The molecule has 0 aliphatic heterocycles. The Bertz CT molecular complexity index is 633. The molecule has 114 valence electrons. The van der Waals surface area contributed by atoms with E-state index in [0.717, 1.165) is 0 Å². The van der Waals surface area contributed by atoms with Crippen LogP contribution in [0.5, 0.6) is 11.8 Å². The summed E-state index contributed by atoms with van der Waals surface area (Å²) in [5.41, 5.74) is 4.33. The summed E-state index contributed by atoms with van der Waals surface area (Å²) in [5, 5.41) is 0. The summed E-state index contributed by atoms with van der Waals surface area (Å²) in [6, 6.07) is 0. The summed E-state index contributed by atoms with van der Waals surface area (Å²) < 4.78 is 9.70. The summed E-state index contributed by atoms with van der Waals surface area (Å²) in [6.45, 7) is 0. The highest BCUT2D eigenvalue weighted by atomic mass is 16.5. The van der Waals surface area contributed by atoms with Gasteiger partial charge in [-0.1, -0.05) is 0 Å². The number of hydrogen-bond acceptors (Lipinski definition) is 8. The minimum Gasteiger partial charge on any atom is -0.480 e. The van der Waals surface area contributed by atoms with Gasteiger partial charge in [0.05, 0.1) is 39.0 Å². The molecule has 0 aliphatic rings. The lowest BCUT2D eigenvalue weighted by molar-refractivity contribution is 0.0840. The zero-order chi connectivity index (χ0) is 15.9. The lowest BCUT2D eigenvalue weighted by atomic mass is 10.4. The van der Waals surface area contributed by atoms with Crippen molar-refractivity contribution in [3.05, 3.63) is 36.2 Å². The number of carbonyl (C=O) groups excluding carboxylic acids is 2. The fraction of sp³-hybridized carbons (Fsp3) is 0.167. The smallest absolute Gasteiger partial charge is 0.290 e. The van der Waals surface area contributed by atoms with Crippen LogP contribution in [0.1, 0.15) is 21.0 Å². The molecule has 10 nitrogen and oxygen atoms in total. The third-order valence-corrected chi connectivity index (χ3v) is 2.40. The molecule has 2 aromatic heterocycles. The maximum Gasteiger partial charge on any atom is 0.290 e. The van der Waals surface area contributed by atoms with Gasteiger partial charge in [0, 0.05) is 0 Å². The number of amides is 2. The van der Waals surface area contributed by atoms with E-state index in [0.29, 0.717) is 0 Å². The van der Waals surface area contributed by atoms with Crippen LogP contribution < -0.4 is 20.3 Å². The van der Waals surface area contributed by atoms with Gasteiger partial charge in [0.1, 0.15) is 0 Å². The molecule has 0 radical (unpaired) electrons. The Labute approximate surface area is 124 Å². The first kappa shape index (κ1) is 15.1. The van der Waals surface area contributed by atoms with Gasteiger partial charge in [-0.05, 0) is 0 Å². The van der Waals surface area contributed by atoms with Crippen LogP contribution in [-0.4, -0.2) is 46.0 Å². The Hall–Kier alpha value is -3.30. The maximum atomic E-state index is 11.8. The predicted molar refractivity (Wildman–Crippen MR) is 72.1 cm³/mol. The van der Waals surface area contributed by atoms with E-state index in [2.05, 4.69) is 30.8 Å². The van der Waals surface area contributed by atoms with Gasteiger partial charge in [0.2, 0.25) is 11.8 Å². The second-order valence-electron chi connectivity index (χ2n) is 3.80. The van der Waals surface area contributed by atoms with Crippen molar-refractivity contribution in [2.75, 3.05) is 14.2 Å². The Balaban J connectivity index is 1.99. The van der Waals surface area contributed by atoms with E-state index in [9.17, 15) is 9.59 Å². The summed E-state index contributed by atoms with van der Waals surface area (Å²) in [5.74, 6) is -0.957. The lowest BCUT2D eigenvalue weighted by Gasteiger charge is -2.07. The highest BCUT2D eigenvalue weighted by molar-refractivity contribution is 5.97. The monoisotopic (exact) mass is 304 g/mol. The van der Waals surface area contributed by atoms with E-state index >= 15 is 0 Å². The zero-order valence-electron chi connectivity index (χ0n) is 11.7. The van der Waals surface area contributed by atoms with E-state index in [1.54, 1.807) is 0 Å². The van der Waals surface area contributed by atoms with Crippen molar-refractivity contribution >= 4 is 11.8 Å². The summed E-state index contributed by atoms with van der Waals surface area (Å²) in [4.78, 5) is 39.0. The molecule has 22 heavy (non-hydrogen) atoms. The molecule has 2 N–H and O–H groups in total. The SMILES string of the molecule is COc1cncc(C(=O)NNC(=O)c2cncc(OC)n2)n1. The molecule has 0 aliphatic carbocycles. The van der Waals surface area contributed by atoms with Crippen molar-refractivity contribution in [2.45, 2.75) is 0 Å². The normalized spacial score (nSPS) is 9.73. The molecule has 2 aromatic rings. The van der Waals surface area contributed by atoms with Gasteiger partial charge in [0.15, 0.2) is 11.4 Å². The van der Waals surface area contributed by atoms with Gasteiger partial charge in [-0.15, -0.1) is 0 Å². The van der Waals surface area contributed by atoms with Crippen molar-refractivity contribution in [3.63, 3.8) is 0 Å². The Morgan fingerprint density at radius 2 is 1.23 bits per heavy atom. The van der Waals surface area contributed by atoms with Crippen LogP contribution in [0, 0.1) is 0 Å². The van der Waals surface area contributed by atoms with E-state index in [4.69, 9.17) is 9.47 Å². The summed E-state index contributed by atoms with van der Waals surface area (Å²) in [6.07, 6.45) is 5.16. The molecule has 0 spiro atoms. The van der Waals surface area contributed by atoms with Crippen LogP contribution in [0.2, 0.25) is 0 Å². The van der Waals surface area contributed by atoms with Gasteiger partial charge in [-0.2, -0.15) is 0 Å². The third kappa shape index (κ3) is 3.62. The minimum atomic E-state index is -0.657. The van der Waals surface area contributed by atoms with Crippen molar-refractivity contribution in [1.29, 1.82) is 0 Å². The van der Waals surface area contributed by atoms with E-state index < -0.39 is 11.8 Å². The van der Waals surface area contributed by atoms with Crippen LogP contribution in [-0.2, 0) is 0 Å². The molecular weight excluding hydrogens is 292 g/mol. The summed E-state index contributed by atoms with van der Waals surface area (Å²) in [7, 11) is 2.80. The molecule has 0 saturated heterocycles. The predicted octanol–water partition coefficient (Wildman–Crippen LogP) is -0.641. The zero-order valence-corrected chi connectivity index (χ0v) is 11.7. The second kappa shape index (κ2) is 6.92. The van der Waals surface area contributed by atoms with Gasteiger partial charge in [0.25, 0.3) is 11.8 Å². The number of carbonyl (C=O) groups is 2. The van der Waals surface area contributed by atoms with Crippen LogP contribution in [0.25, 0.3) is 0 Å². The van der Waals surface area contributed by atoms with E-state index in [-0.39, 0.29) is 23.1 Å². The van der Waals surface area contributed by atoms with Gasteiger partial charge in [-0.25, -0.2) is 9.97 Å². The topological polar surface area (TPSA) is 128 Å². The molecule has 0 aromatic carbocycles. The van der Waals surface area contributed by atoms with Gasteiger partial charge in [-0.3, -0.25) is 30.4 Å². The number of rotatable bonds is 4. The molecule has 0 bridgehead atoms. The molecule has 0 atom stereocenters. The van der Waals surface area contributed by atoms with Crippen molar-refractivity contribution in [3.8, 4) is 11.8 Å². The first-order chi connectivity index (χ1) is 10.6. The molecular formula is C12H12N6O4. The Kier molecular flexibility index (Phi) is 4.75. The number of hydrazine groups is 1. The van der Waals surface area contributed by atoms with Crippen LogP contribution >= 0.6 is 0 Å². The minimum absolute atomic E-state index is 0.0172. The van der Waals surface area contributed by atoms with E-state index in [1.165, 1.54) is 39.0 Å². The highest BCUT2D eigenvalue weighted by Crippen LogP contribution is 2.04. The first-order valence-corrected chi connectivity index (χ1v) is 5.96. The van der Waals surface area contributed by atoms with Gasteiger partial charge >= 0.3 is 0 Å². The molecule has 10 heteroatoms. The number of hydrogen-bond donors (Lipinski definition) is 2. The molecule has 0 fully saturated rings. The standard InChI is InChI=1S/C12H12N6O4/c1-21-9-5-13-3-7(15-9)11(19)17-18-12(20)8-4-14-6-10(16-8)22-2/h3-6H,1-2H3,(H,17,19)(H,18,20). The highest BCUT2D eigenvalue weighted by Gasteiger charge is 2.13. The second-order valence-corrected chi connectivity index (χ2v) is 3.80. The molecule has 2 amide bonds. The van der Waals surface area contributed by atoms with Crippen LogP contribution in [0.3, 0.4) is 0 Å². The van der Waals surface area contributed by atoms with Gasteiger partial charge < -0.3 is 9.47 Å². The average Bonchev–Trinajstić information content (AvgIpc) is 2.59. The largest absolute Gasteiger partial charge is 0.480 e. The van der Waals surface area contributed by atoms with Crippen molar-refractivity contribution in [1.82, 2.24) is 30.8 Å². The molecule has 0 unspecified atom stereocenters. The molecule has 0 saturated carbocycles. The average molecular weight is 304 g/mol.